The first-order valence-corrected chi connectivity index (χ1v) is 8.38. The van der Waals surface area contributed by atoms with Gasteiger partial charge in [0.2, 0.25) is 11.8 Å². The molecule has 0 fully saturated rings. The Hall–Kier alpha value is -2.54. The van der Waals surface area contributed by atoms with Gasteiger partial charge in [-0.3, -0.25) is 14.3 Å². The highest BCUT2D eigenvalue weighted by atomic mass is 35.5. The number of ether oxygens (including phenoxy) is 1. The second-order valence-electron chi connectivity index (χ2n) is 5.82. The van der Waals surface area contributed by atoms with Gasteiger partial charge in [-0.15, -0.1) is 0 Å². The summed E-state index contributed by atoms with van der Waals surface area (Å²) in [7, 11) is 1.57. The Morgan fingerprint density at radius 3 is 3.08 bits per heavy atom. The van der Waals surface area contributed by atoms with E-state index in [1.54, 1.807) is 42.4 Å². The van der Waals surface area contributed by atoms with E-state index in [4.69, 9.17) is 16.3 Å². The standard InChI is InChI=1S/C17H19ClN4O3/c1-25-12-3-4-15-13(7-12)14(8-16(23)21-15)17(24)19-5-2-6-22-10-11(18)9-20-22/h3-4,7,9-10,14H,2,5-6,8H2,1H3,(H,19,24)(H,21,23)/t14-/m0/s1. The number of fused-ring (bicyclic) bond motifs is 1. The molecule has 8 heteroatoms. The Morgan fingerprint density at radius 1 is 1.52 bits per heavy atom. The van der Waals surface area contributed by atoms with Gasteiger partial charge in [-0.1, -0.05) is 11.6 Å². The lowest BCUT2D eigenvalue weighted by atomic mass is 9.89. The predicted octanol–water partition coefficient (Wildman–Crippen LogP) is 2.18. The quantitative estimate of drug-likeness (QED) is 0.771. The first kappa shape index (κ1) is 17.3. The van der Waals surface area contributed by atoms with Crippen LogP contribution in [0.4, 0.5) is 5.69 Å². The summed E-state index contributed by atoms with van der Waals surface area (Å²) in [6, 6.07) is 5.31. The van der Waals surface area contributed by atoms with Crippen LogP contribution in [0.2, 0.25) is 5.02 Å². The smallest absolute Gasteiger partial charge is 0.228 e. The van der Waals surface area contributed by atoms with Gasteiger partial charge in [0.05, 0.1) is 24.2 Å². The van der Waals surface area contributed by atoms with Gasteiger partial charge in [0, 0.05) is 31.4 Å². The normalized spacial score (nSPS) is 16.1. The second kappa shape index (κ2) is 7.57. The van der Waals surface area contributed by atoms with Crippen molar-refractivity contribution in [3.05, 3.63) is 41.2 Å². The van der Waals surface area contributed by atoms with Crippen molar-refractivity contribution in [3.63, 3.8) is 0 Å². The van der Waals surface area contributed by atoms with E-state index in [2.05, 4.69) is 15.7 Å². The third-order valence-electron chi connectivity index (χ3n) is 4.08. The molecule has 0 saturated carbocycles. The number of carbonyl (C=O) groups is 2. The van der Waals surface area contributed by atoms with Crippen molar-refractivity contribution in [1.29, 1.82) is 0 Å². The number of methoxy groups -OCH3 is 1. The van der Waals surface area contributed by atoms with E-state index < -0.39 is 5.92 Å². The summed E-state index contributed by atoms with van der Waals surface area (Å²) in [5.41, 5.74) is 1.43. The Bertz CT molecular complexity index is 790. The molecule has 1 aliphatic rings. The molecule has 1 aliphatic heterocycles. The van der Waals surface area contributed by atoms with E-state index in [0.29, 0.717) is 36.0 Å². The summed E-state index contributed by atoms with van der Waals surface area (Å²) in [4.78, 5) is 24.4. The zero-order chi connectivity index (χ0) is 17.8. The molecule has 0 unspecified atom stereocenters. The molecule has 3 rings (SSSR count). The Kier molecular flexibility index (Phi) is 5.23. The number of nitrogens with zero attached hydrogens (tertiary/aromatic N) is 2. The van der Waals surface area contributed by atoms with E-state index in [9.17, 15) is 9.59 Å². The molecule has 25 heavy (non-hydrogen) atoms. The van der Waals surface area contributed by atoms with Crippen molar-refractivity contribution >= 4 is 29.1 Å². The molecule has 132 valence electrons. The first-order chi connectivity index (χ1) is 12.1. The predicted molar refractivity (Wildman–Crippen MR) is 93.8 cm³/mol. The molecule has 1 atom stereocenters. The molecule has 2 amide bonds. The van der Waals surface area contributed by atoms with Crippen LogP contribution in [-0.2, 0) is 16.1 Å². The average molecular weight is 363 g/mol. The summed E-state index contributed by atoms with van der Waals surface area (Å²) in [5, 5.41) is 10.4. The van der Waals surface area contributed by atoms with Gasteiger partial charge in [-0.2, -0.15) is 5.10 Å². The van der Waals surface area contributed by atoms with Gasteiger partial charge in [0.15, 0.2) is 0 Å². The molecular weight excluding hydrogens is 344 g/mol. The summed E-state index contributed by atoms with van der Waals surface area (Å²) in [6.45, 7) is 1.15. The van der Waals surface area contributed by atoms with Gasteiger partial charge in [-0.25, -0.2) is 0 Å². The van der Waals surface area contributed by atoms with E-state index in [1.165, 1.54) is 0 Å². The van der Waals surface area contributed by atoms with Crippen molar-refractivity contribution in [1.82, 2.24) is 15.1 Å². The second-order valence-corrected chi connectivity index (χ2v) is 6.26. The van der Waals surface area contributed by atoms with Crippen molar-refractivity contribution in [2.45, 2.75) is 25.3 Å². The summed E-state index contributed by atoms with van der Waals surface area (Å²) in [6.07, 6.45) is 4.15. The molecule has 1 aromatic carbocycles. The molecule has 0 spiro atoms. The minimum atomic E-state index is -0.516. The van der Waals surface area contributed by atoms with E-state index in [1.807, 2.05) is 0 Å². The molecule has 0 saturated heterocycles. The number of aromatic nitrogens is 2. The lowest BCUT2D eigenvalue weighted by molar-refractivity contribution is -0.126. The van der Waals surface area contributed by atoms with Crippen LogP contribution in [0.15, 0.2) is 30.6 Å². The zero-order valence-corrected chi connectivity index (χ0v) is 14.5. The fourth-order valence-electron chi connectivity index (χ4n) is 2.84. The number of hydrogen-bond acceptors (Lipinski definition) is 4. The number of hydrogen-bond donors (Lipinski definition) is 2. The SMILES string of the molecule is COc1ccc2c(c1)[C@@H](C(=O)NCCCn1cc(Cl)cn1)CC(=O)N2. The van der Waals surface area contributed by atoms with Crippen molar-refractivity contribution in [2.24, 2.45) is 0 Å². The summed E-state index contributed by atoms with van der Waals surface area (Å²) in [5.74, 6) is -0.187. The fraction of sp³-hybridized carbons (Fsp3) is 0.353. The van der Waals surface area contributed by atoms with Gasteiger partial charge < -0.3 is 15.4 Å². The van der Waals surface area contributed by atoms with Gasteiger partial charge >= 0.3 is 0 Å². The monoisotopic (exact) mass is 362 g/mol. The maximum absolute atomic E-state index is 12.5. The number of aryl methyl sites for hydroxylation is 1. The number of rotatable bonds is 6. The third kappa shape index (κ3) is 4.11. The lowest BCUT2D eigenvalue weighted by Crippen LogP contribution is -2.35. The van der Waals surface area contributed by atoms with Crippen LogP contribution in [0.5, 0.6) is 5.75 Å². The Labute approximate surface area is 150 Å². The zero-order valence-electron chi connectivity index (χ0n) is 13.8. The molecule has 2 aromatic rings. The molecule has 2 heterocycles. The van der Waals surface area contributed by atoms with Crippen LogP contribution in [0.25, 0.3) is 0 Å². The topological polar surface area (TPSA) is 85.2 Å². The minimum absolute atomic E-state index is 0.126. The summed E-state index contributed by atoms with van der Waals surface area (Å²) >= 11 is 5.81. The van der Waals surface area contributed by atoms with E-state index in [0.717, 1.165) is 5.56 Å². The maximum Gasteiger partial charge on any atom is 0.228 e. The lowest BCUT2D eigenvalue weighted by Gasteiger charge is -2.25. The van der Waals surface area contributed by atoms with E-state index >= 15 is 0 Å². The molecule has 1 aromatic heterocycles. The van der Waals surface area contributed by atoms with Crippen molar-refractivity contribution < 1.29 is 14.3 Å². The third-order valence-corrected chi connectivity index (χ3v) is 4.27. The Morgan fingerprint density at radius 2 is 2.36 bits per heavy atom. The minimum Gasteiger partial charge on any atom is -0.497 e. The van der Waals surface area contributed by atoms with Crippen LogP contribution >= 0.6 is 11.6 Å². The van der Waals surface area contributed by atoms with Crippen molar-refractivity contribution in [3.8, 4) is 5.75 Å². The van der Waals surface area contributed by atoms with Crippen LogP contribution in [-0.4, -0.2) is 35.2 Å². The Balaban J connectivity index is 1.61. The van der Waals surface area contributed by atoms with Crippen molar-refractivity contribution in [2.75, 3.05) is 19.0 Å². The van der Waals surface area contributed by atoms with Crippen LogP contribution in [0.1, 0.15) is 24.3 Å². The molecule has 0 radical (unpaired) electrons. The van der Waals surface area contributed by atoms with Gasteiger partial charge in [0.25, 0.3) is 0 Å². The van der Waals surface area contributed by atoms with Crippen LogP contribution in [0.3, 0.4) is 0 Å². The number of nitrogens with one attached hydrogen (secondary N) is 2. The fourth-order valence-corrected chi connectivity index (χ4v) is 2.99. The molecule has 7 nitrogen and oxygen atoms in total. The number of benzene rings is 1. The summed E-state index contributed by atoms with van der Waals surface area (Å²) < 4.78 is 6.94. The highest BCUT2D eigenvalue weighted by molar-refractivity contribution is 6.30. The van der Waals surface area contributed by atoms with E-state index in [-0.39, 0.29) is 18.2 Å². The number of halogens is 1. The van der Waals surface area contributed by atoms with Crippen LogP contribution < -0.4 is 15.4 Å². The molecule has 2 N–H and O–H groups in total. The maximum atomic E-state index is 12.5. The largest absolute Gasteiger partial charge is 0.497 e. The highest BCUT2D eigenvalue weighted by Gasteiger charge is 2.30. The average Bonchev–Trinajstić information content (AvgIpc) is 3.02. The molecule has 0 aliphatic carbocycles. The van der Waals surface area contributed by atoms with Crippen LogP contribution in [0, 0.1) is 0 Å². The number of amides is 2. The highest BCUT2D eigenvalue weighted by Crippen LogP contribution is 2.34. The first-order valence-electron chi connectivity index (χ1n) is 8.00. The van der Waals surface area contributed by atoms with Gasteiger partial charge in [0.1, 0.15) is 5.75 Å². The number of carbonyl (C=O) groups excluding carboxylic acids is 2. The number of anilines is 1. The molecular formula is C17H19ClN4O3. The molecule has 0 bridgehead atoms. The van der Waals surface area contributed by atoms with Gasteiger partial charge in [-0.05, 0) is 30.2 Å².